The van der Waals surface area contributed by atoms with Crippen molar-refractivity contribution in [3.8, 4) is 0 Å². The van der Waals surface area contributed by atoms with Crippen LogP contribution >= 0.6 is 0 Å². The molecule has 7 nitrogen and oxygen atoms in total. The third-order valence-electron chi connectivity index (χ3n) is 6.24. The molecular weight excluding hydrogens is 438 g/mol. The van der Waals surface area contributed by atoms with Crippen LogP contribution in [-0.4, -0.2) is 56.4 Å². The van der Waals surface area contributed by atoms with E-state index >= 15 is 0 Å². The monoisotopic (exact) mass is 467 g/mol. The van der Waals surface area contributed by atoms with E-state index in [1.807, 2.05) is 72.6 Å². The molecule has 1 saturated heterocycles. The summed E-state index contributed by atoms with van der Waals surface area (Å²) < 4.78 is 6.35. The molecule has 0 radical (unpaired) electrons. The Bertz CT molecular complexity index is 1280. The van der Waals surface area contributed by atoms with Gasteiger partial charge in [0.15, 0.2) is 0 Å². The van der Waals surface area contributed by atoms with Crippen molar-refractivity contribution >= 4 is 16.9 Å². The highest BCUT2D eigenvalue weighted by atomic mass is 16.5. The molecule has 1 amide bonds. The van der Waals surface area contributed by atoms with Gasteiger partial charge in [-0.2, -0.15) is 0 Å². The molecule has 35 heavy (non-hydrogen) atoms. The lowest BCUT2D eigenvalue weighted by Gasteiger charge is -2.25. The van der Waals surface area contributed by atoms with Gasteiger partial charge in [0.2, 0.25) is 5.91 Å². The van der Waals surface area contributed by atoms with Crippen LogP contribution in [0.25, 0.3) is 11.0 Å². The van der Waals surface area contributed by atoms with E-state index in [0.29, 0.717) is 39.3 Å². The Labute approximate surface area is 205 Å². The maximum absolute atomic E-state index is 13.3. The molecule has 1 unspecified atom stereocenters. The van der Waals surface area contributed by atoms with Crippen molar-refractivity contribution in [2.24, 2.45) is 0 Å². The summed E-state index contributed by atoms with van der Waals surface area (Å²) in [5, 5.41) is 0. The fourth-order valence-corrected chi connectivity index (χ4v) is 4.41. The number of nitrogens with zero attached hydrogens (tertiary/aromatic N) is 5. The minimum atomic E-state index is -0.132. The Morgan fingerprint density at radius 2 is 1.63 bits per heavy atom. The van der Waals surface area contributed by atoms with Gasteiger partial charge in [-0.3, -0.25) is 14.7 Å². The number of pyridine rings is 1. The van der Waals surface area contributed by atoms with Crippen molar-refractivity contribution < 1.29 is 9.53 Å². The van der Waals surface area contributed by atoms with Gasteiger partial charge in [-0.15, -0.1) is 0 Å². The van der Waals surface area contributed by atoms with Gasteiger partial charge in [0.25, 0.3) is 0 Å². The summed E-state index contributed by atoms with van der Waals surface area (Å²) in [7, 11) is 0. The number of aromatic nitrogens is 3. The summed E-state index contributed by atoms with van der Waals surface area (Å²) in [5.74, 6) is 0.0751. The second-order valence-electron chi connectivity index (χ2n) is 8.97. The Morgan fingerprint density at radius 3 is 2.40 bits per heavy atom. The zero-order valence-corrected chi connectivity index (χ0v) is 19.9. The molecule has 1 aliphatic rings. The number of carbonyl (C=O) groups excluding carboxylic acids is 1. The molecule has 3 heterocycles. The van der Waals surface area contributed by atoms with Crippen molar-refractivity contribution in [2.45, 2.75) is 32.7 Å². The Morgan fingerprint density at radius 1 is 0.886 bits per heavy atom. The first-order valence-electron chi connectivity index (χ1n) is 11.9. The summed E-state index contributed by atoms with van der Waals surface area (Å²) in [6, 6.07) is 21.9. The standard InChI is InChI=1S/C28H29N5O2/c1-21-27(31-26-12-6-5-11-25(26)30-21)18-32-16-24(35-20-22-8-3-2-4-9-22)17-33(28(34)19-32)15-23-10-7-13-29-14-23/h2-14,24H,15-20H2,1H3. The van der Waals surface area contributed by atoms with Gasteiger partial charge < -0.3 is 9.64 Å². The summed E-state index contributed by atoms with van der Waals surface area (Å²) in [5.41, 5.74) is 5.64. The lowest BCUT2D eigenvalue weighted by Crippen LogP contribution is -2.37. The van der Waals surface area contributed by atoms with Crippen LogP contribution in [0, 0.1) is 6.92 Å². The van der Waals surface area contributed by atoms with Gasteiger partial charge in [-0.05, 0) is 36.2 Å². The molecule has 0 N–H and O–H groups in total. The molecule has 178 valence electrons. The highest BCUT2D eigenvalue weighted by Gasteiger charge is 2.29. The molecule has 2 aromatic carbocycles. The average molecular weight is 468 g/mol. The van der Waals surface area contributed by atoms with Crippen molar-refractivity contribution in [3.05, 3.63) is 102 Å². The summed E-state index contributed by atoms with van der Waals surface area (Å²) in [4.78, 5) is 31.1. The summed E-state index contributed by atoms with van der Waals surface area (Å²) >= 11 is 0. The number of ether oxygens (including phenoxy) is 1. The van der Waals surface area contributed by atoms with Crippen LogP contribution in [0.4, 0.5) is 0 Å². The zero-order chi connectivity index (χ0) is 24.0. The maximum Gasteiger partial charge on any atom is 0.237 e. The number of hydrogen-bond donors (Lipinski definition) is 0. The van der Waals surface area contributed by atoms with Gasteiger partial charge in [-0.1, -0.05) is 48.5 Å². The first-order valence-corrected chi connectivity index (χ1v) is 11.9. The third-order valence-corrected chi connectivity index (χ3v) is 6.24. The molecule has 1 atom stereocenters. The van der Waals surface area contributed by atoms with Crippen molar-refractivity contribution in [3.63, 3.8) is 0 Å². The number of aryl methyl sites for hydroxylation is 1. The van der Waals surface area contributed by atoms with Crippen LogP contribution in [0.15, 0.2) is 79.1 Å². The van der Waals surface area contributed by atoms with Crippen molar-refractivity contribution in [1.29, 1.82) is 0 Å². The number of para-hydroxylation sites is 2. The molecule has 7 heteroatoms. The predicted molar refractivity (Wildman–Crippen MR) is 134 cm³/mol. The third kappa shape index (κ3) is 5.88. The van der Waals surface area contributed by atoms with E-state index in [1.165, 1.54) is 0 Å². The number of rotatable bonds is 7. The highest BCUT2D eigenvalue weighted by Crippen LogP contribution is 2.18. The first kappa shape index (κ1) is 23.1. The molecule has 1 fully saturated rings. The number of fused-ring (bicyclic) bond motifs is 1. The van der Waals surface area contributed by atoms with E-state index in [1.54, 1.807) is 6.20 Å². The van der Waals surface area contributed by atoms with Crippen molar-refractivity contribution in [2.75, 3.05) is 19.6 Å². The van der Waals surface area contributed by atoms with Gasteiger partial charge in [0, 0.05) is 38.6 Å². The normalized spacial score (nSPS) is 17.0. The second kappa shape index (κ2) is 10.7. The Kier molecular flexibility index (Phi) is 7.07. The van der Waals surface area contributed by atoms with Crippen LogP contribution in [0.2, 0.25) is 0 Å². The van der Waals surface area contributed by atoms with E-state index in [9.17, 15) is 4.79 Å². The van der Waals surface area contributed by atoms with Gasteiger partial charge >= 0.3 is 0 Å². The molecule has 2 aromatic heterocycles. The maximum atomic E-state index is 13.3. The fourth-order valence-electron chi connectivity index (χ4n) is 4.41. The molecule has 0 bridgehead atoms. The number of benzene rings is 2. The molecule has 0 saturated carbocycles. The quantitative estimate of drug-likeness (QED) is 0.412. The van der Waals surface area contributed by atoms with E-state index in [2.05, 4.69) is 22.0 Å². The molecule has 1 aliphatic heterocycles. The molecule has 0 spiro atoms. The minimum Gasteiger partial charge on any atom is -0.370 e. The smallest absolute Gasteiger partial charge is 0.237 e. The summed E-state index contributed by atoms with van der Waals surface area (Å²) in [6.07, 6.45) is 3.42. The first-order chi connectivity index (χ1) is 17.1. The van der Waals surface area contributed by atoms with Gasteiger partial charge in [0.05, 0.1) is 41.7 Å². The SMILES string of the molecule is Cc1nc2ccccc2nc1CN1CC(=O)N(Cc2cccnc2)CC(OCc2ccccc2)C1. The van der Waals surface area contributed by atoms with E-state index in [0.717, 1.165) is 33.5 Å². The molecule has 5 rings (SSSR count). The Balaban J connectivity index is 1.36. The van der Waals surface area contributed by atoms with Crippen LogP contribution in [0.5, 0.6) is 0 Å². The lowest BCUT2D eigenvalue weighted by molar-refractivity contribution is -0.132. The Hall–Kier alpha value is -3.68. The van der Waals surface area contributed by atoms with Crippen molar-refractivity contribution in [1.82, 2.24) is 24.8 Å². The summed E-state index contributed by atoms with van der Waals surface area (Å²) in [6.45, 7) is 5.01. The molecular formula is C28H29N5O2. The van der Waals surface area contributed by atoms with Gasteiger partial charge in [-0.25, -0.2) is 9.97 Å². The van der Waals surface area contributed by atoms with E-state index in [4.69, 9.17) is 14.7 Å². The predicted octanol–water partition coefficient (Wildman–Crippen LogP) is 3.76. The number of carbonyl (C=O) groups is 1. The van der Waals surface area contributed by atoms with Crippen LogP contribution in [0.3, 0.4) is 0 Å². The average Bonchev–Trinajstić information content (AvgIpc) is 3.02. The highest BCUT2D eigenvalue weighted by molar-refractivity contribution is 5.78. The minimum absolute atomic E-state index is 0.0751. The van der Waals surface area contributed by atoms with E-state index in [-0.39, 0.29) is 12.0 Å². The second-order valence-corrected chi connectivity index (χ2v) is 8.97. The number of amides is 1. The molecule has 0 aliphatic carbocycles. The van der Waals surface area contributed by atoms with Crippen LogP contribution in [-0.2, 0) is 29.2 Å². The van der Waals surface area contributed by atoms with Gasteiger partial charge in [0.1, 0.15) is 0 Å². The largest absolute Gasteiger partial charge is 0.370 e. The topological polar surface area (TPSA) is 71.5 Å². The fraction of sp³-hybridized carbons (Fsp3) is 0.286. The number of hydrogen-bond acceptors (Lipinski definition) is 6. The van der Waals surface area contributed by atoms with E-state index < -0.39 is 0 Å². The van der Waals surface area contributed by atoms with Crippen LogP contribution < -0.4 is 0 Å². The zero-order valence-electron chi connectivity index (χ0n) is 19.9. The van der Waals surface area contributed by atoms with Crippen LogP contribution in [0.1, 0.15) is 22.5 Å². The molecule has 4 aromatic rings. The lowest BCUT2D eigenvalue weighted by atomic mass is 10.2.